The zero-order valence-electron chi connectivity index (χ0n) is 12.0. The Labute approximate surface area is 128 Å². The molecule has 2 rings (SSSR count). The lowest BCUT2D eigenvalue weighted by molar-refractivity contribution is 0.232. The number of imidazole rings is 1. The minimum atomic E-state index is 0.171. The first-order valence-corrected chi connectivity index (χ1v) is 7.60. The van der Waals surface area contributed by atoms with Crippen LogP contribution in [-0.2, 0) is 13.1 Å². The van der Waals surface area contributed by atoms with Crippen LogP contribution in [0.2, 0.25) is 0 Å². The number of nitrogens with two attached hydrogens (primary N) is 1. The van der Waals surface area contributed by atoms with Gasteiger partial charge in [0.15, 0.2) is 0 Å². The van der Waals surface area contributed by atoms with Crippen molar-refractivity contribution in [3.8, 4) is 0 Å². The summed E-state index contributed by atoms with van der Waals surface area (Å²) in [7, 11) is 2.10. The minimum Gasteiger partial charge on any atom is -0.333 e. The number of hydrogen-bond donors (Lipinski definition) is 1. The number of nitrogens with zero attached hydrogens (tertiary/aromatic N) is 3. The van der Waals surface area contributed by atoms with E-state index in [9.17, 15) is 0 Å². The van der Waals surface area contributed by atoms with E-state index in [1.54, 1.807) is 0 Å². The summed E-state index contributed by atoms with van der Waals surface area (Å²) in [5, 5.41) is 0. The van der Waals surface area contributed by atoms with Crippen molar-refractivity contribution in [2.45, 2.75) is 26.1 Å². The lowest BCUT2D eigenvalue weighted by Crippen LogP contribution is -2.31. The quantitative estimate of drug-likeness (QED) is 0.882. The van der Waals surface area contributed by atoms with Crippen LogP contribution in [0, 0.1) is 0 Å². The van der Waals surface area contributed by atoms with Crippen LogP contribution in [0.1, 0.15) is 24.2 Å². The second-order valence-corrected chi connectivity index (χ2v) is 5.72. The van der Waals surface area contributed by atoms with Gasteiger partial charge in [-0.15, -0.1) is 0 Å². The first-order valence-electron chi connectivity index (χ1n) is 6.81. The Bertz CT molecular complexity index is 552. The van der Waals surface area contributed by atoms with E-state index in [1.807, 2.05) is 18.6 Å². The highest BCUT2D eigenvalue weighted by molar-refractivity contribution is 9.10. The van der Waals surface area contributed by atoms with E-state index in [-0.39, 0.29) is 6.04 Å². The lowest BCUT2D eigenvalue weighted by Gasteiger charge is -2.28. The third-order valence-electron chi connectivity index (χ3n) is 3.56. The Kier molecular flexibility index (Phi) is 5.34. The number of rotatable bonds is 6. The molecule has 0 saturated carbocycles. The second-order valence-electron chi connectivity index (χ2n) is 4.86. The van der Waals surface area contributed by atoms with Crippen molar-refractivity contribution >= 4 is 15.9 Å². The van der Waals surface area contributed by atoms with E-state index in [4.69, 9.17) is 5.73 Å². The van der Waals surface area contributed by atoms with Gasteiger partial charge in [0.2, 0.25) is 0 Å². The summed E-state index contributed by atoms with van der Waals surface area (Å²) in [6.07, 6.45) is 3.78. The summed E-state index contributed by atoms with van der Waals surface area (Å²) in [5.41, 5.74) is 8.42. The summed E-state index contributed by atoms with van der Waals surface area (Å²) >= 11 is 3.60. The van der Waals surface area contributed by atoms with E-state index >= 15 is 0 Å². The molecular formula is C15H21BrN4. The van der Waals surface area contributed by atoms with Crippen molar-refractivity contribution in [1.29, 1.82) is 0 Å². The van der Waals surface area contributed by atoms with Gasteiger partial charge in [0, 0.05) is 30.3 Å². The fourth-order valence-corrected chi connectivity index (χ4v) is 2.81. The van der Waals surface area contributed by atoms with Crippen molar-refractivity contribution in [2.24, 2.45) is 5.73 Å². The smallest absolute Gasteiger partial charge is 0.0948 e. The average molecular weight is 337 g/mol. The third-order valence-corrected chi connectivity index (χ3v) is 4.33. The van der Waals surface area contributed by atoms with E-state index < -0.39 is 0 Å². The average Bonchev–Trinajstić information content (AvgIpc) is 2.90. The maximum absolute atomic E-state index is 5.99. The molecule has 0 fully saturated rings. The standard InChI is InChI=1S/C15H21BrN4/c1-3-20-11-18-9-15(20)14(8-17)19(2)10-12-6-4-5-7-13(12)16/h4-7,9,11,14H,3,8,10,17H2,1-2H3. The lowest BCUT2D eigenvalue weighted by atomic mass is 10.1. The Hall–Kier alpha value is -1.17. The molecule has 1 aromatic heterocycles. The largest absolute Gasteiger partial charge is 0.333 e. The SMILES string of the molecule is CCn1cncc1C(CN)N(C)Cc1ccccc1Br. The Morgan fingerprint density at radius 2 is 2.15 bits per heavy atom. The zero-order valence-corrected chi connectivity index (χ0v) is 13.5. The van der Waals surface area contributed by atoms with Gasteiger partial charge < -0.3 is 10.3 Å². The summed E-state index contributed by atoms with van der Waals surface area (Å²) in [5.74, 6) is 0. The topological polar surface area (TPSA) is 47.1 Å². The summed E-state index contributed by atoms with van der Waals surface area (Å²) < 4.78 is 3.28. The van der Waals surface area contributed by atoms with E-state index in [2.05, 4.69) is 62.6 Å². The highest BCUT2D eigenvalue weighted by Crippen LogP contribution is 2.23. The van der Waals surface area contributed by atoms with Crippen molar-refractivity contribution in [3.05, 3.63) is 52.5 Å². The third kappa shape index (κ3) is 3.29. The van der Waals surface area contributed by atoms with Gasteiger partial charge in [0.1, 0.15) is 0 Å². The fourth-order valence-electron chi connectivity index (χ4n) is 2.40. The van der Waals surface area contributed by atoms with E-state index in [0.29, 0.717) is 6.54 Å². The van der Waals surface area contributed by atoms with Crippen LogP contribution in [0.15, 0.2) is 41.3 Å². The molecule has 0 aliphatic rings. The van der Waals surface area contributed by atoms with Gasteiger partial charge in [-0.05, 0) is 25.6 Å². The monoisotopic (exact) mass is 336 g/mol. The fraction of sp³-hybridized carbons (Fsp3) is 0.400. The number of aromatic nitrogens is 2. The zero-order chi connectivity index (χ0) is 14.5. The van der Waals surface area contributed by atoms with Crippen LogP contribution in [0.25, 0.3) is 0 Å². The van der Waals surface area contributed by atoms with Crippen LogP contribution >= 0.6 is 15.9 Å². The molecule has 2 aromatic rings. The van der Waals surface area contributed by atoms with Crippen LogP contribution < -0.4 is 5.73 Å². The molecule has 0 bridgehead atoms. The molecule has 0 aliphatic carbocycles. The second kappa shape index (κ2) is 7.02. The predicted molar refractivity (Wildman–Crippen MR) is 85.3 cm³/mol. The Morgan fingerprint density at radius 1 is 1.40 bits per heavy atom. The van der Waals surface area contributed by atoms with Gasteiger partial charge in [-0.25, -0.2) is 4.98 Å². The van der Waals surface area contributed by atoms with Crippen molar-refractivity contribution in [2.75, 3.05) is 13.6 Å². The Balaban J connectivity index is 2.18. The number of halogens is 1. The molecule has 2 N–H and O–H groups in total. The molecular weight excluding hydrogens is 316 g/mol. The summed E-state index contributed by atoms with van der Waals surface area (Å²) in [4.78, 5) is 6.51. The maximum atomic E-state index is 5.99. The number of hydrogen-bond acceptors (Lipinski definition) is 3. The molecule has 1 unspecified atom stereocenters. The highest BCUT2D eigenvalue weighted by Gasteiger charge is 2.19. The van der Waals surface area contributed by atoms with Crippen molar-refractivity contribution < 1.29 is 0 Å². The normalized spacial score (nSPS) is 12.8. The molecule has 20 heavy (non-hydrogen) atoms. The highest BCUT2D eigenvalue weighted by atomic mass is 79.9. The molecule has 1 atom stereocenters. The molecule has 0 radical (unpaired) electrons. The first kappa shape index (κ1) is 15.2. The molecule has 108 valence electrons. The number of benzene rings is 1. The summed E-state index contributed by atoms with van der Waals surface area (Å²) in [6.45, 7) is 4.45. The number of likely N-dealkylation sites (N-methyl/N-ethyl adjacent to an activating group) is 1. The molecule has 5 heteroatoms. The van der Waals surface area contributed by atoms with Crippen LogP contribution in [0.4, 0.5) is 0 Å². The van der Waals surface area contributed by atoms with Crippen molar-refractivity contribution in [1.82, 2.24) is 14.5 Å². The minimum absolute atomic E-state index is 0.171. The van der Waals surface area contributed by atoms with Crippen LogP contribution in [0.3, 0.4) is 0 Å². The summed E-state index contributed by atoms with van der Waals surface area (Å²) in [6, 6.07) is 8.45. The molecule has 0 amide bonds. The first-order chi connectivity index (χ1) is 9.67. The molecule has 1 aromatic carbocycles. The van der Waals surface area contributed by atoms with Gasteiger partial charge in [-0.1, -0.05) is 34.1 Å². The van der Waals surface area contributed by atoms with Crippen molar-refractivity contribution in [3.63, 3.8) is 0 Å². The molecule has 0 aliphatic heterocycles. The predicted octanol–water partition coefficient (Wildman–Crippen LogP) is 2.80. The van der Waals surface area contributed by atoms with Gasteiger partial charge >= 0.3 is 0 Å². The van der Waals surface area contributed by atoms with E-state index in [0.717, 1.165) is 17.6 Å². The Morgan fingerprint density at radius 3 is 2.80 bits per heavy atom. The van der Waals surface area contributed by atoms with Gasteiger partial charge in [-0.2, -0.15) is 0 Å². The van der Waals surface area contributed by atoms with E-state index in [1.165, 1.54) is 11.3 Å². The number of aryl methyl sites for hydroxylation is 1. The molecule has 0 spiro atoms. The molecule has 0 saturated heterocycles. The maximum Gasteiger partial charge on any atom is 0.0948 e. The van der Waals surface area contributed by atoms with Gasteiger partial charge in [0.05, 0.1) is 18.1 Å². The molecule has 1 heterocycles. The van der Waals surface area contributed by atoms with Gasteiger partial charge in [-0.3, -0.25) is 4.90 Å². The van der Waals surface area contributed by atoms with Crippen LogP contribution in [-0.4, -0.2) is 28.0 Å². The molecule has 4 nitrogen and oxygen atoms in total. The van der Waals surface area contributed by atoms with Gasteiger partial charge in [0.25, 0.3) is 0 Å². The van der Waals surface area contributed by atoms with Crippen LogP contribution in [0.5, 0.6) is 0 Å².